The van der Waals surface area contributed by atoms with Gasteiger partial charge in [0.2, 0.25) is 0 Å². The summed E-state index contributed by atoms with van der Waals surface area (Å²) in [7, 11) is 1.84. The van der Waals surface area contributed by atoms with E-state index in [1.165, 1.54) is 25.7 Å². The SMILES string of the molecule is CNc1cnc(COC2CCC(C)CC2)cn1. The molecule has 2 rings (SSSR count). The molecule has 1 heterocycles. The van der Waals surface area contributed by atoms with Gasteiger partial charge in [0.1, 0.15) is 5.82 Å². The molecule has 0 unspecified atom stereocenters. The van der Waals surface area contributed by atoms with Crippen LogP contribution in [0.25, 0.3) is 0 Å². The summed E-state index contributed by atoms with van der Waals surface area (Å²) in [5.41, 5.74) is 0.905. The maximum Gasteiger partial charge on any atom is 0.144 e. The van der Waals surface area contributed by atoms with E-state index >= 15 is 0 Å². The Labute approximate surface area is 103 Å². The molecule has 94 valence electrons. The van der Waals surface area contributed by atoms with Gasteiger partial charge in [-0.25, -0.2) is 4.98 Å². The maximum absolute atomic E-state index is 5.87. The van der Waals surface area contributed by atoms with Crippen molar-refractivity contribution >= 4 is 5.82 Å². The van der Waals surface area contributed by atoms with Crippen LogP contribution in [0, 0.1) is 5.92 Å². The lowest BCUT2D eigenvalue weighted by Crippen LogP contribution is -2.20. The molecule has 1 aliphatic rings. The molecule has 1 aromatic heterocycles. The number of anilines is 1. The van der Waals surface area contributed by atoms with Gasteiger partial charge in [-0.3, -0.25) is 4.98 Å². The van der Waals surface area contributed by atoms with Gasteiger partial charge < -0.3 is 10.1 Å². The summed E-state index contributed by atoms with van der Waals surface area (Å²) >= 11 is 0. The van der Waals surface area contributed by atoms with E-state index in [0.717, 1.165) is 17.4 Å². The molecule has 0 aromatic carbocycles. The van der Waals surface area contributed by atoms with Crippen LogP contribution in [0.2, 0.25) is 0 Å². The van der Waals surface area contributed by atoms with Gasteiger partial charge >= 0.3 is 0 Å². The van der Waals surface area contributed by atoms with E-state index in [1.54, 1.807) is 12.4 Å². The molecular formula is C13H21N3O. The third kappa shape index (κ3) is 3.66. The van der Waals surface area contributed by atoms with Crippen LogP contribution in [-0.2, 0) is 11.3 Å². The fourth-order valence-corrected chi connectivity index (χ4v) is 2.16. The minimum atomic E-state index is 0.414. The fourth-order valence-electron chi connectivity index (χ4n) is 2.16. The molecule has 1 N–H and O–H groups in total. The van der Waals surface area contributed by atoms with Crippen molar-refractivity contribution in [3.63, 3.8) is 0 Å². The molecule has 4 heteroatoms. The number of hydrogen-bond donors (Lipinski definition) is 1. The van der Waals surface area contributed by atoms with Crippen LogP contribution in [0.5, 0.6) is 0 Å². The Hall–Kier alpha value is -1.16. The number of hydrogen-bond acceptors (Lipinski definition) is 4. The van der Waals surface area contributed by atoms with Crippen LogP contribution in [0.4, 0.5) is 5.82 Å². The molecule has 1 aliphatic carbocycles. The fraction of sp³-hybridized carbons (Fsp3) is 0.692. The molecule has 17 heavy (non-hydrogen) atoms. The molecule has 0 saturated heterocycles. The summed E-state index contributed by atoms with van der Waals surface area (Å²) < 4.78 is 5.87. The standard InChI is InChI=1S/C13H21N3O/c1-10-3-5-12(6-4-10)17-9-11-7-16-13(14-2)8-15-11/h7-8,10,12H,3-6,9H2,1-2H3,(H,14,16). The Balaban J connectivity index is 1.77. The molecular weight excluding hydrogens is 214 g/mol. The van der Waals surface area contributed by atoms with Crippen LogP contribution in [-0.4, -0.2) is 23.1 Å². The van der Waals surface area contributed by atoms with Crippen molar-refractivity contribution in [2.75, 3.05) is 12.4 Å². The summed E-state index contributed by atoms with van der Waals surface area (Å²) in [4.78, 5) is 8.52. The second-order valence-corrected chi connectivity index (χ2v) is 4.84. The highest BCUT2D eigenvalue weighted by atomic mass is 16.5. The van der Waals surface area contributed by atoms with E-state index in [9.17, 15) is 0 Å². The van der Waals surface area contributed by atoms with Crippen LogP contribution in [0.3, 0.4) is 0 Å². The molecule has 1 fully saturated rings. The topological polar surface area (TPSA) is 47.0 Å². The minimum Gasteiger partial charge on any atom is -0.372 e. The molecule has 0 radical (unpaired) electrons. The lowest BCUT2D eigenvalue weighted by molar-refractivity contribution is 0.00716. The zero-order valence-electron chi connectivity index (χ0n) is 10.6. The summed E-state index contributed by atoms with van der Waals surface area (Å²) in [6, 6.07) is 0. The van der Waals surface area contributed by atoms with Gasteiger partial charge in [0, 0.05) is 7.05 Å². The first kappa shape index (κ1) is 12.3. The highest BCUT2D eigenvalue weighted by Gasteiger charge is 2.18. The molecule has 0 atom stereocenters. The Morgan fingerprint density at radius 3 is 2.59 bits per heavy atom. The van der Waals surface area contributed by atoms with E-state index in [1.807, 2.05) is 7.05 Å². The van der Waals surface area contributed by atoms with Crippen molar-refractivity contribution in [3.8, 4) is 0 Å². The van der Waals surface area contributed by atoms with E-state index in [-0.39, 0.29) is 0 Å². The molecule has 1 aromatic rings. The third-order valence-corrected chi connectivity index (χ3v) is 3.39. The van der Waals surface area contributed by atoms with Crippen molar-refractivity contribution in [3.05, 3.63) is 18.1 Å². The predicted octanol–water partition coefficient (Wildman–Crippen LogP) is 2.61. The lowest BCUT2D eigenvalue weighted by Gasteiger charge is -2.26. The van der Waals surface area contributed by atoms with Gasteiger partial charge in [-0.2, -0.15) is 0 Å². The van der Waals surface area contributed by atoms with Gasteiger partial charge in [0.15, 0.2) is 0 Å². The second kappa shape index (κ2) is 5.96. The average molecular weight is 235 g/mol. The lowest BCUT2D eigenvalue weighted by atomic mass is 9.89. The van der Waals surface area contributed by atoms with Gasteiger partial charge in [-0.1, -0.05) is 6.92 Å². The second-order valence-electron chi connectivity index (χ2n) is 4.84. The monoisotopic (exact) mass is 235 g/mol. The number of aromatic nitrogens is 2. The Bertz CT molecular complexity index is 331. The first-order chi connectivity index (χ1) is 8.28. The normalized spacial score (nSPS) is 24.6. The van der Waals surface area contributed by atoms with Crippen LogP contribution in [0.1, 0.15) is 38.3 Å². The van der Waals surface area contributed by atoms with Crippen molar-refractivity contribution in [2.24, 2.45) is 5.92 Å². The molecule has 0 spiro atoms. The number of ether oxygens (including phenoxy) is 1. The zero-order valence-corrected chi connectivity index (χ0v) is 10.6. The minimum absolute atomic E-state index is 0.414. The molecule has 1 saturated carbocycles. The van der Waals surface area contributed by atoms with E-state index in [0.29, 0.717) is 12.7 Å². The van der Waals surface area contributed by atoms with Crippen LogP contribution < -0.4 is 5.32 Å². The molecule has 0 bridgehead atoms. The smallest absolute Gasteiger partial charge is 0.144 e. The quantitative estimate of drug-likeness (QED) is 0.871. The Morgan fingerprint density at radius 1 is 1.24 bits per heavy atom. The maximum atomic E-state index is 5.87. The number of rotatable bonds is 4. The van der Waals surface area contributed by atoms with Crippen molar-refractivity contribution < 1.29 is 4.74 Å². The molecule has 4 nitrogen and oxygen atoms in total. The summed E-state index contributed by atoms with van der Waals surface area (Å²) in [5, 5.41) is 2.95. The van der Waals surface area contributed by atoms with E-state index < -0.39 is 0 Å². The van der Waals surface area contributed by atoms with Crippen molar-refractivity contribution in [2.45, 2.75) is 45.3 Å². The molecule has 0 aliphatic heterocycles. The number of nitrogens with zero attached hydrogens (tertiary/aromatic N) is 2. The Kier molecular flexibility index (Phi) is 4.31. The van der Waals surface area contributed by atoms with Crippen LogP contribution in [0.15, 0.2) is 12.4 Å². The van der Waals surface area contributed by atoms with Gasteiger partial charge in [-0.15, -0.1) is 0 Å². The highest BCUT2D eigenvalue weighted by Crippen LogP contribution is 2.25. The zero-order chi connectivity index (χ0) is 12.1. The largest absolute Gasteiger partial charge is 0.372 e. The van der Waals surface area contributed by atoms with Gasteiger partial charge in [-0.05, 0) is 31.6 Å². The summed E-state index contributed by atoms with van der Waals surface area (Å²) in [6.07, 6.45) is 8.87. The van der Waals surface area contributed by atoms with Crippen molar-refractivity contribution in [1.82, 2.24) is 9.97 Å². The number of nitrogens with one attached hydrogen (secondary N) is 1. The van der Waals surface area contributed by atoms with E-state index in [4.69, 9.17) is 4.74 Å². The van der Waals surface area contributed by atoms with Crippen LogP contribution >= 0.6 is 0 Å². The third-order valence-electron chi connectivity index (χ3n) is 3.39. The molecule has 0 amide bonds. The summed E-state index contributed by atoms with van der Waals surface area (Å²) in [5.74, 6) is 1.66. The van der Waals surface area contributed by atoms with Gasteiger partial charge in [0.05, 0.1) is 30.8 Å². The van der Waals surface area contributed by atoms with Gasteiger partial charge in [0.25, 0.3) is 0 Å². The highest BCUT2D eigenvalue weighted by molar-refractivity contribution is 5.29. The average Bonchev–Trinajstić information content (AvgIpc) is 2.39. The van der Waals surface area contributed by atoms with Crippen molar-refractivity contribution in [1.29, 1.82) is 0 Å². The summed E-state index contributed by atoms with van der Waals surface area (Å²) in [6.45, 7) is 2.90. The first-order valence-electron chi connectivity index (χ1n) is 6.38. The predicted molar refractivity (Wildman–Crippen MR) is 67.8 cm³/mol. The first-order valence-corrected chi connectivity index (χ1v) is 6.38. The van der Waals surface area contributed by atoms with E-state index in [2.05, 4.69) is 22.2 Å². The Morgan fingerprint density at radius 2 is 2.00 bits per heavy atom.